The van der Waals surface area contributed by atoms with Gasteiger partial charge < -0.3 is 30.6 Å². The van der Waals surface area contributed by atoms with Crippen LogP contribution in [0, 0.1) is 55.4 Å². The average Bonchev–Trinajstić information content (AvgIpc) is 2.11. The summed E-state index contributed by atoms with van der Waals surface area (Å²) < 4.78 is 0. The van der Waals surface area contributed by atoms with Crippen molar-refractivity contribution in [3.63, 3.8) is 0 Å². The molecule has 0 aliphatic heterocycles. The van der Waals surface area contributed by atoms with E-state index >= 15 is 0 Å². The number of aryl methyl sites for hydroxylation is 8. The third-order valence-corrected chi connectivity index (χ3v) is 21.6. The van der Waals surface area contributed by atoms with Gasteiger partial charge in [0.2, 0.25) is 0 Å². The van der Waals surface area contributed by atoms with Gasteiger partial charge >= 0.3 is 0 Å². The lowest BCUT2D eigenvalue weighted by atomic mass is 9.72. The maximum Gasteiger partial charge on any atom is 0.127 e. The summed E-state index contributed by atoms with van der Waals surface area (Å²) in [5.74, 6) is 2.17. The zero-order valence-electron chi connectivity index (χ0n) is 55.5. The smallest absolute Gasteiger partial charge is 0.127 e. The molecule has 462 valence electrons. The maximum atomic E-state index is 11.5. The van der Waals surface area contributed by atoms with Crippen LogP contribution in [0.5, 0.6) is 34.5 Å². The molecule has 6 aromatic carbocycles. The van der Waals surface area contributed by atoms with E-state index in [2.05, 4.69) is 159 Å². The highest BCUT2D eigenvalue weighted by Gasteiger charge is 2.33. The minimum atomic E-state index is -0.138. The summed E-state index contributed by atoms with van der Waals surface area (Å²) in [6, 6.07) is 37.0. The van der Waals surface area contributed by atoms with Gasteiger partial charge in [0.05, 0.1) is 0 Å². The van der Waals surface area contributed by atoms with Crippen molar-refractivity contribution in [2.24, 2.45) is 0 Å². The molecule has 3 heterocycles. The van der Waals surface area contributed by atoms with Gasteiger partial charge in [0.15, 0.2) is 0 Å². The van der Waals surface area contributed by atoms with Crippen LogP contribution in [0.4, 0.5) is 0 Å². The number of aromatic hydroxyl groups is 6. The lowest BCUT2D eigenvalue weighted by Gasteiger charge is -2.33. The number of thiophene rings is 3. The van der Waals surface area contributed by atoms with Crippen LogP contribution in [-0.4, -0.2) is 30.6 Å². The lowest BCUT2D eigenvalue weighted by molar-refractivity contribution is 0.358. The van der Waals surface area contributed by atoms with Gasteiger partial charge in [-0.1, -0.05) is 119 Å². The Hall–Kier alpha value is -6.78. The molecule has 0 saturated heterocycles. The van der Waals surface area contributed by atoms with E-state index in [0.717, 1.165) is 157 Å². The van der Waals surface area contributed by atoms with Crippen LogP contribution >= 0.6 is 34.0 Å². The summed E-state index contributed by atoms with van der Waals surface area (Å²) in [4.78, 5) is 6.09. The van der Waals surface area contributed by atoms with Gasteiger partial charge in [0.1, 0.15) is 34.5 Å². The fraction of sp³-hybridized carbons (Fsp3) is 0.385. The van der Waals surface area contributed by atoms with Crippen molar-refractivity contribution in [1.29, 1.82) is 0 Å². The molecule has 3 aromatic heterocycles. The number of phenols is 6. The molecule has 9 aromatic rings. The van der Waals surface area contributed by atoms with Crippen LogP contribution in [0.15, 0.2) is 109 Å². The molecule has 9 heteroatoms. The Morgan fingerprint density at radius 2 is 0.448 bits per heavy atom. The molecule has 0 fully saturated rings. The second-order valence-corrected chi connectivity index (χ2v) is 29.7. The minimum absolute atomic E-state index is 0.0154. The molecular formula is C78H96O6S3. The Balaban J connectivity index is 0.000000190. The van der Waals surface area contributed by atoms with E-state index in [9.17, 15) is 30.6 Å². The first-order valence-electron chi connectivity index (χ1n) is 31.1. The summed E-state index contributed by atoms with van der Waals surface area (Å²) in [6.45, 7) is 42.3. The van der Waals surface area contributed by atoms with Gasteiger partial charge in [0, 0.05) is 84.9 Å². The van der Waals surface area contributed by atoms with E-state index in [-0.39, 0.29) is 21.7 Å². The molecule has 87 heavy (non-hydrogen) atoms. The third kappa shape index (κ3) is 14.2. The van der Waals surface area contributed by atoms with Crippen LogP contribution in [0.25, 0.3) is 62.6 Å². The molecule has 9 rings (SSSR count). The fourth-order valence-electron chi connectivity index (χ4n) is 12.6. The van der Waals surface area contributed by atoms with Crippen LogP contribution in [0.2, 0.25) is 0 Å². The second kappa shape index (κ2) is 26.9. The number of hydrogen-bond donors (Lipinski definition) is 6. The summed E-state index contributed by atoms with van der Waals surface area (Å²) >= 11 is 4.83. The highest BCUT2D eigenvalue weighted by atomic mass is 32.1. The molecule has 0 spiro atoms. The third-order valence-electron chi connectivity index (χ3n) is 18.1. The average molecular weight is 1230 g/mol. The number of rotatable bonds is 14. The van der Waals surface area contributed by atoms with Crippen molar-refractivity contribution in [2.45, 2.75) is 199 Å². The van der Waals surface area contributed by atoms with Crippen molar-refractivity contribution >= 4 is 34.0 Å². The van der Waals surface area contributed by atoms with Crippen molar-refractivity contribution in [2.75, 3.05) is 0 Å². The quantitative estimate of drug-likeness (QED) is 0.0645. The molecule has 0 amide bonds. The largest absolute Gasteiger partial charge is 0.507 e. The standard InChI is InChI=1S/C32H44O2S.C26H32O2S.C20H20O2S/c1-9-31(10-2,11-3)25-19-21(7)17-23(29(25)33)27-15-16-28(35-27)24-18-22(8)20-26(30(24)34)32(12-4,13-5)14-6;1-15-11-17(23(27)19(13-15)25(3,4)5)21-9-10-22(29-21)18-12-16(2)14-20(24(18)28)26(6,7)8;1-11-7-13(3)19(21)15(9-11)17-5-6-18(23-17)16-10-12(2)8-14(4)20(16)22/h15-20,33-34H,9-14H2,1-8H3;9-14,27-28H,1-8H3;5-10,21-22H,1-4H3. The molecule has 0 aliphatic rings. The molecule has 6 nitrogen and oxygen atoms in total. The molecule has 0 atom stereocenters. The van der Waals surface area contributed by atoms with E-state index in [1.807, 2.05) is 88.4 Å². The molecule has 0 bridgehead atoms. The van der Waals surface area contributed by atoms with Crippen molar-refractivity contribution in [3.05, 3.63) is 176 Å². The maximum absolute atomic E-state index is 11.5. The predicted molar refractivity (Wildman–Crippen MR) is 376 cm³/mol. The second-order valence-electron chi connectivity index (χ2n) is 26.5. The highest BCUT2D eigenvalue weighted by Crippen LogP contribution is 2.52. The van der Waals surface area contributed by atoms with E-state index in [1.54, 1.807) is 34.0 Å². The summed E-state index contributed by atoms with van der Waals surface area (Å²) in [5.41, 5.74) is 17.5. The lowest BCUT2D eigenvalue weighted by Crippen LogP contribution is -2.23. The normalized spacial score (nSPS) is 12.0. The van der Waals surface area contributed by atoms with Crippen LogP contribution in [0.1, 0.15) is 188 Å². The number of hydrogen-bond acceptors (Lipinski definition) is 9. The van der Waals surface area contributed by atoms with Crippen molar-refractivity contribution < 1.29 is 30.6 Å². The SMILES string of the molecule is CCC(CC)(CC)c1cc(C)cc(-c2ccc(-c3cc(C)cc(C(CC)(CC)CC)c3O)s2)c1O.Cc1cc(-c2ccc(-c3cc(C)cc(C(C)(C)C)c3O)s2)c(O)c(C(C)(C)C)c1.Cc1cc(C)c(O)c(-c2ccc(-c3cc(C)cc(C)c3O)s2)c1. The fourth-order valence-corrected chi connectivity index (χ4v) is 15.8. The van der Waals surface area contributed by atoms with Gasteiger partial charge in [0.25, 0.3) is 0 Å². The Kier molecular flexibility index (Phi) is 20.9. The van der Waals surface area contributed by atoms with Gasteiger partial charge in [-0.05, 0) is 233 Å². The summed E-state index contributed by atoms with van der Waals surface area (Å²) in [7, 11) is 0. The zero-order valence-corrected chi connectivity index (χ0v) is 58.0. The Labute approximate surface area is 533 Å². The number of phenolic OH excluding ortho intramolecular Hbond substituents is 6. The first kappa shape index (κ1) is 67.7. The van der Waals surface area contributed by atoms with Crippen molar-refractivity contribution in [1.82, 2.24) is 0 Å². The van der Waals surface area contributed by atoms with Gasteiger partial charge in [-0.2, -0.15) is 0 Å². The zero-order chi connectivity index (χ0) is 64.4. The predicted octanol–water partition coefficient (Wildman–Crippen LogP) is 23.5. The Morgan fingerprint density at radius 1 is 0.264 bits per heavy atom. The number of benzene rings is 6. The molecule has 6 N–H and O–H groups in total. The van der Waals surface area contributed by atoms with Crippen LogP contribution < -0.4 is 0 Å². The summed E-state index contributed by atoms with van der Waals surface area (Å²) in [6.07, 6.45) is 6.00. The highest BCUT2D eigenvalue weighted by molar-refractivity contribution is 7.19. The molecule has 0 radical (unpaired) electrons. The molecular weight excluding hydrogens is 1130 g/mol. The summed E-state index contributed by atoms with van der Waals surface area (Å²) in [5, 5.41) is 65.6. The monoisotopic (exact) mass is 1220 g/mol. The van der Waals surface area contributed by atoms with Crippen molar-refractivity contribution in [3.8, 4) is 97.1 Å². The van der Waals surface area contributed by atoms with E-state index in [1.165, 1.54) is 11.1 Å². The minimum Gasteiger partial charge on any atom is -0.507 e. The van der Waals surface area contributed by atoms with Gasteiger partial charge in [-0.15, -0.1) is 34.0 Å². The molecule has 0 aliphatic carbocycles. The van der Waals surface area contributed by atoms with E-state index < -0.39 is 0 Å². The Morgan fingerprint density at radius 3 is 0.655 bits per heavy atom. The van der Waals surface area contributed by atoms with Gasteiger partial charge in [-0.3, -0.25) is 0 Å². The van der Waals surface area contributed by atoms with Crippen LogP contribution in [-0.2, 0) is 21.7 Å². The Bertz CT molecular complexity index is 3650. The van der Waals surface area contributed by atoms with E-state index in [4.69, 9.17) is 0 Å². The first-order chi connectivity index (χ1) is 40.8. The van der Waals surface area contributed by atoms with E-state index in [0.29, 0.717) is 34.5 Å². The molecule has 0 saturated carbocycles. The molecule has 0 unspecified atom stereocenters. The first-order valence-corrected chi connectivity index (χ1v) is 33.5. The van der Waals surface area contributed by atoms with Gasteiger partial charge in [-0.25, -0.2) is 0 Å². The van der Waals surface area contributed by atoms with Crippen LogP contribution in [0.3, 0.4) is 0 Å². The topological polar surface area (TPSA) is 121 Å².